The Kier molecular flexibility index (Phi) is 9.53. The lowest BCUT2D eigenvalue weighted by Gasteiger charge is -2.23. The first-order valence-electron chi connectivity index (χ1n) is 10.1. The van der Waals surface area contributed by atoms with E-state index < -0.39 is 21.8 Å². The molecule has 0 N–H and O–H groups in total. The zero-order valence-corrected chi connectivity index (χ0v) is 20.2. The minimum absolute atomic E-state index is 0.0757. The Morgan fingerprint density at radius 1 is 1.16 bits per heavy atom. The standard InChI is InChI=1S/C23H27BrN2O4S/c1-18(2)8-5-6-13-26(16-19-9-7-11-21(24)14-19)23(27)17-31(28,29)30-22-12-4-3-10-20(22)15-25/h3-4,7,9-12,14,18H,5-6,8,13,16-17H2,1-2H3. The van der Waals surface area contributed by atoms with Crippen molar-refractivity contribution in [2.75, 3.05) is 12.3 Å². The van der Waals surface area contributed by atoms with E-state index in [1.54, 1.807) is 17.0 Å². The lowest BCUT2D eigenvalue weighted by molar-refractivity contribution is -0.129. The van der Waals surface area contributed by atoms with Gasteiger partial charge in [0.1, 0.15) is 6.07 Å². The summed E-state index contributed by atoms with van der Waals surface area (Å²) in [5.41, 5.74) is 0.998. The second-order valence-corrected chi connectivity index (χ2v) is 10.2. The van der Waals surface area contributed by atoms with Crippen molar-refractivity contribution in [3.05, 3.63) is 64.1 Å². The lowest BCUT2D eigenvalue weighted by atomic mass is 10.1. The van der Waals surface area contributed by atoms with Crippen molar-refractivity contribution in [1.82, 2.24) is 4.90 Å². The number of benzene rings is 2. The fourth-order valence-electron chi connectivity index (χ4n) is 3.04. The van der Waals surface area contributed by atoms with E-state index >= 15 is 0 Å². The highest BCUT2D eigenvalue weighted by molar-refractivity contribution is 9.10. The fourth-order valence-corrected chi connectivity index (χ4v) is 4.45. The van der Waals surface area contributed by atoms with Crippen molar-refractivity contribution in [2.45, 2.75) is 39.7 Å². The number of hydrogen-bond donors (Lipinski definition) is 0. The lowest BCUT2D eigenvalue weighted by Crippen LogP contribution is -2.37. The number of nitrogens with zero attached hydrogens (tertiary/aromatic N) is 2. The first-order chi connectivity index (χ1) is 14.7. The van der Waals surface area contributed by atoms with Crippen LogP contribution in [0.4, 0.5) is 0 Å². The molecule has 0 fully saturated rings. The Bertz CT molecular complexity index is 1030. The number of hydrogen-bond acceptors (Lipinski definition) is 5. The number of amides is 1. The first-order valence-corrected chi connectivity index (χ1v) is 12.5. The van der Waals surface area contributed by atoms with Gasteiger partial charge < -0.3 is 9.08 Å². The third-order valence-corrected chi connectivity index (χ3v) is 6.13. The first kappa shape index (κ1) is 24.9. The molecule has 0 spiro atoms. The van der Waals surface area contributed by atoms with E-state index in [9.17, 15) is 13.2 Å². The van der Waals surface area contributed by atoms with E-state index in [4.69, 9.17) is 9.44 Å². The predicted molar refractivity (Wildman–Crippen MR) is 124 cm³/mol. The third-order valence-electron chi connectivity index (χ3n) is 4.60. The fraction of sp³-hybridized carbons (Fsp3) is 0.391. The van der Waals surface area contributed by atoms with Gasteiger partial charge in [0.2, 0.25) is 5.91 Å². The van der Waals surface area contributed by atoms with Crippen molar-refractivity contribution in [3.63, 3.8) is 0 Å². The Hall–Kier alpha value is -2.37. The van der Waals surface area contributed by atoms with Crippen LogP contribution in [0.5, 0.6) is 5.75 Å². The van der Waals surface area contributed by atoms with Gasteiger partial charge in [-0.3, -0.25) is 4.79 Å². The van der Waals surface area contributed by atoms with Gasteiger partial charge in [0.05, 0.1) is 5.56 Å². The largest absolute Gasteiger partial charge is 0.381 e. The summed E-state index contributed by atoms with van der Waals surface area (Å²) < 4.78 is 31.0. The van der Waals surface area contributed by atoms with Crippen LogP contribution in [-0.2, 0) is 21.5 Å². The molecule has 1 amide bonds. The molecule has 0 saturated carbocycles. The molecule has 2 aromatic rings. The molecule has 8 heteroatoms. The quantitative estimate of drug-likeness (QED) is 0.320. The van der Waals surface area contributed by atoms with Crippen LogP contribution in [0.15, 0.2) is 53.0 Å². The van der Waals surface area contributed by atoms with E-state index in [2.05, 4.69) is 29.8 Å². The molecule has 0 bridgehead atoms. The van der Waals surface area contributed by atoms with Crippen molar-refractivity contribution in [2.24, 2.45) is 5.92 Å². The van der Waals surface area contributed by atoms with Gasteiger partial charge in [0, 0.05) is 17.6 Å². The normalized spacial score (nSPS) is 11.2. The van der Waals surface area contributed by atoms with Gasteiger partial charge in [-0.25, -0.2) is 0 Å². The van der Waals surface area contributed by atoms with Gasteiger partial charge in [-0.05, 0) is 42.2 Å². The highest BCUT2D eigenvalue weighted by atomic mass is 79.9. The summed E-state index contributed by atoms with van der Waals surface area (Å²) in [6.45, 7) is 5.06. The van der Waals surface area contributed by atoms with Crippen molar-refractivity contribution in [3.8, 4) is 11.8 Å². The summed E-state index contributed by atoms with van der Waals surface area (Å²) in [6.07, 6.45) is 2.79. The maximum Gasteiger partial charge on any atom is 0.318 e. The molecule has 0 aromatic heterocycles. The molecule has 2 rings (SSSR count). The van der Waals surface area contributed by atoms with Gasteiger partial charge in [0.15, 0.2) is 11.5 Å². The maximum absolute atomic E-state index is 12.9. The zero-order chi connectivity index (χ0) is 22.9. The van der Waals surface area contributed by atoms with Crippen LogP contribution in [0.2, 0.25) is 0 Å². The van der Waals surface area contributed by atoms with Gasteiger partial charge >= 0.3 is 10.1 Å². The molecule has 0 heterocycles. The van der Waals surface area contributed by atoms with Crippen molar-refractivity contribution in [1.29, 1.82) is 5.26 Å². The summed E-state index contributed by atoms with van der Waals surface area (Å²) in [7, 11) is -4.21. The predicted octanol–water partition coefficient (Wildman–Crippen LogP) is 4.88. The molecule has 0 unspecified atom stereocenters. The summed E-state index contributed by atoms with van der Waals surface area (Å²) in [6, 6.07) is 15.5. The average Bonchev–Trinajstić information content (AvgIpc) is 2.69. The van der Waals surface area contributed by atoms with Crippen LogP contribution in [0.25, 0.3) is 0 Å². The summed E-state index contributed by atoms with van der Waals surface area (Å²) in [4.78, 5) is 14.5. The Labute approximate surface area is 193 Å². The molecule has 0 aliphatic heterocycles. The molecule has 166 valence electrons. The zero-order valence-electron chi connectivity index (χ0n) is 17.8. The molecule has 6 nitrogen and oxygen atoms in total. The average molecular weight is 507 g/mol. The number of para-hydroxylation sites is 1. The Balaban J connectivity index is 2.11. The van der Waals surface area contributed by atoms with E-state index in [0.29, 0.717) is 19.0 Å². The molecule has 0 saturated heterocycles. The number of unbranched alkanes of at least 4 members (excludes halogenated alkanes) is 1. The molecule has 0 aliphatic carbocycles. The molecule has 0 radical (unpaired) electrons. The van der Waals surface area contributed by atoms with E-state index in [1.807, 2.05) is 30.3 Å². The van der Waals surface area contributed by atoms with E-state index in [1.165, 1.54) is 12.1 Å². The maximum atomic E-state index is 12.9. The van der Waals surface area contributed by atoms with Gasteiger partial charge in [-0.15, -0.1) is 0 Å². The van der Waals surface area contributed by atoms with Gasteiger partial charge in [-0.2, -0.15) is 13.7 Å². The molecule has 31 heavy (non-hydrogen) atoms. The van der Waals surface area contributed by atoms with Crippen LogP contribution in [0.1, 0.15) is 44.2 Å². The Morgan fingerprint density at radius 3 is 2.58 bits per heavy atom. The SMILES string of the molecule is CC(C)CCCCN(Cc1cccc(Br)c1)C(=O)CS(=O)(=O)Oc1ccccc1C#N. The number of rotatable bonds is 11. The van der Waals surface area contributed by atoms with Gasteiger partial charge in [-0.1, -0.05) is 66.9 Å². The molecular formula is C23H27BrN2O4S. The number of nitriles is 1. The molecule has 0 atom stereocenters. The second-order valence-electron chi connectivity index (χ2n) is 7.73. The highest BCUT2D eigenvalue weighted by Crippen LogP contribution is 2.20. The van der Waals surface area contributed by atoms with E-state index in [0.717, 1.165) is 29.3 Å². The van der Waals surface area contributed by atoms with Crippen LogP contribution in [-0.4, -0.2) is 31.5 Å². The van der Waals surface area contributed by atoms with E-state index in [-0.39, 0.29) is 11.3 Å². The minimum Gasteiger partial charge on any atom is -0.381 e. The van der Waals surface area contributed by atoms with Crippen LogP contribution in [0, 0.1) is 17.2 Å². The van der Waals surface area contributed by atoms with Crippen LogP contribution < -0.4 is 4.18 Å². The van der Waals surface area contributed by atoms with Crippen molar-refractivity contribution >= 4 is 32.0 Å². The molecule has 0 aliphatic rings. The summed E-state index contributed by atoms with van der Waals surface area (Å²) in [5.74, 6) is -0.819. The number of carbonyl (C=O) groups is 1. The van der Waals surface area contributed by atoms with Gasteiger partial charge in [0.25, 0.3) is 0 Å². The van der Waals surface area contributed by atoms with Crippen molar-refractivity contribution < 1.29 is 17.4 Å². The summed E-state index contributed by atoms with van der Waals surface area (Å²) >= 11 is 3.42. The molecule has 2 aromatic carbocycles. The monoisotopic (exact) mass is 506 g/mol. The second kappa shape index (κ2) is 11.9. The topological polar surface area (TPSA) is 87.5 Å². The van der Waals surface area contributed by atoms with Crippen LogP contribution in [0.3, 0.4) is 0 Å². The smallest absolute Gasteiger partial charge is 0.318 e. The highest BCUT2D eigenvalue weighted by Gasteiger charge is 2.24. The molecular weight excluding hydrogens is 480 g/mol. The third kappa shape index (κ3) is 8.72. The number of carbonyl (C=O) groups excluding carboxylic acids is 1. The van der Waals surface area contributed by atoms with Crippen LogP contribution >= 0.6 is 15.9 Å². The Morgan fingerprint density at radius 2 is 1.90 bits per heavy atom. The number of halogens is 1. The minimum atomic E-state index is -4.21. The summed E-state index contributed by atoms with van der Waals surface area (Å²) in [5, 5.41) is 9.13.